The summed E-state index contributed by atoms with van der Waals surface area (Å²) in [5.41, 5.74) is 2.38. The van der Waals surface area contributed by atoms with Crippen molar-refractivity contribution >= 4 is 23.2 Å². The molecule has 0 atom stereocenters. The fourth-order valence-corrected chi connectivity index (χ4v) is 6.57. The maximum absolute atomic E-state index is 11.5. The predicted octanol–water partition coefficient (Wildman–Crippen LogP) is 4.83. The van der Waals surface area contributed by atoms with Crippen LogP contribution in [0.25, 0.3) is 0 Å². The normalized spacial score (nSPS) is 17.9. The molecule has 3 aromatic rings. The van der Waals surface area contributed by atoms with Gasteiger partial charge in [-0.05, 0) is 42.5 Å². The molecule has 0 radical (unpaired) electrons. The minimum absolute atomic E-state index is 0.135. The van der Waals surface area contributed by atoms with Crippen molar-refractivity contribution < 1.29 is 10.2 Å². The van der Waals surface area contributed by atoms with E-state index in [4.69, 9.17) is 23.2 Å². The Morgan fingerprint density at radius 2 is 1.23 bits per heavy atom. The highest BCUT2D eigenvalue weighted by atomic mass is 35.5. The molecule has 2 aliphatic heterocycles. The molecule has 6 rings (SSSR count). The monoisotopic (exact) mass is 586 g/mol. The van der Waals surface area contributed by atoms with E-state index in [9.17, 15) is 19.8 Å². The van der Waals surface area contributed by atoms with Crippen molar-refractivity contribution in [2.45, 2.75) is 64.8 Å². The van der Waals surface area contributed by atoms with Crippen LogP contribution in [0.5, 0.6) is 11.5 Å². The Hall–Kier alpha value is -2.78. The van der Waals surface area contributed by atoms with Gasteiger partial charge in [0.25, 0.3) is 0 Å². The number of benzene rings is 1. The van der Waals surface area contributed by atoms with Crippen LogP contribution >= 0.6 is 23.2 Å². The van der Waals surface area contributed by atoms with Crippen LogP contribution in [0, 0.1) is 5.92 Å². The number of aromatic nitrogens is 2. The Labute approximate surface area is 244 Å². The third-order valence-electron chi connectivity index (χ3n) is 8.05. The van der Waals surface area contributed by atoms with E-state index in [1.807, 2.05) is 21.3 Å². The second-order valence-electron chi connectivity index (χ2n) is 11.1. The van der Waals surface area contributed by atoms with Crippen LogP contribution in [0.4, 0.5) is 0 Å². The van der Waals surface area contributed by atoms with Gasteiger partial charge in [-0.25, -0.2) is 0 Å². The third-order valence-corrected chi connectivity index (χ3v) is 8.49. The first kappa shape index (κ1) is 28.7. The number of nitrogens with zero attached hydrogens (tertiary/aromatic N) is 4. The zero-order valence-electron chi connectivity index (χ0n) is 22.6. The van der Waals surface area contributed by atoms with Gasteiger partial charge in [0, 0.05) is 85.9 Å². The second kappa shape index (κ2) is 12.8. The molecule has 0 spiro atoms. The average molecular weight is 588 g/mol. The Bertz CT molecular complexity index is 1440. The first-order chi connectivity index (χ1) is 19.2. The largest absolute Gasteiger partial charge is 0.503 e. The molecule has 3 aliphatic rings. The summed E-state index contributed by atoms with van der Waals surface area (Å²) in [5.74, 6) is 0.502. The molecule has 1 aliphatic carbocycles. The summed E-state index contributed by atoms with van der Waals surface area (Å²) in [6.45, 7) is 6.83. The first-order valence-electron chi connectivity index (χ1n) is 14.0. The van der Waals surface area contributed by atoms with Crippen molar-refractivity contribution in [1.82, 2.24) is 18.9 Å². The molecule has 0 saturated heterocycles. The highest BCUT2D eigenvalue weighted by Crippen LogP contribution is 2.26. The molecule has 0 unspecified atom stereocenters. The van der Waals surface area contributed by atoms with Crippen molar-refractivity contribution in [1.29, 1.82) is 0 Å². The van der Waals surface area contributed by atoms with E-state index in [0.717, 1.165) is 68.7 Å². The summed E-state index contributed by atoms with van der Waals surface area (Å²) in [7, 11) is 0. The third kappa shape index (κ3) is 7.29. The zero-order valence-corrected chi connectivity index (χ0v) is 24.1. The lowest BCUT2D eigenvalue weighted by molar-refractivity contribution is 0.166. The SMILES string of the molecule is O=c1cc2n(cc1O)CCN(CC1CCCCC1)C2.O=c1cc2n(cc1O)CCN(Cc1cc(Cl)cc(Cl)c1)C2. The van der Waals surface area contributed by atoms with E-state index in [-0.39, 0.29) is 22.4 Å². The number of aromatic hydroxyl groups is 2. The molecular weight excluding hydrogens is 551 g/mol. The number of hydrogen-bond acceptors (Lipinski definition) is 6. The molecule has 4 heterocycles. The average Bonchev–Trinajstić information content (AvgIpc) is 2.91. The molecule has 1 saturated carbocycles. The molecule has 40 heavy (non-hydrogen) atoms. The van der Waals surface area contributed by atoms with Gasteiger partial charge in [0.15, 0.2) is 11.5 Å². The van der Waals surface area contributed by atoms with Crippen LogP contribution in [-0.4, -0.2) is 48.8 Å². The van der Waals surface area contributed by atoms with E-state index in [0.29, 0.717) is 16.6 Å². The topological polar surface area (TPSA) is 90.9 Å². The summed E-state index contributed by atoms with van der Waals surface area (Å²) < 4.78 is 3.92. The number of hydrogen-bond donors (Lipinski definition) is 2. The van der Waals surface area contributed by atoms with E-state index in [2.05, 4.69) is 9.80 Å². The molecule has 0 bridgehead atoms. The Morgan fingerprint density at radius 3 is 1.80 bits per heavy atom. The summed E-state index contributed by atoms with van der Waals surface area (Å²) in [6, 6.07) is 8.58. The molecule has 2 aromatic heterocycles. The molecule has 8 nitrogen and oxygen atoms in total. The predicted molar refractivity (Wildman–Crippen MR) is 157 cm³/mol. The van der Waals surface area contributed by atoms with Crippen LogP contribution in [-0.2, 0) is 32.7 Å². The van der Waals surface area contributed by atoms with Crippen molar-refractivity contribution in [3.05, 3.63) is 90.2 Å². The van der Waals surface area contributed by atoms with Crippen LogP contribution in [0.3, 0.4) is 0 Å². The number of fused-ring (bicyclic) bond motifs is 2. The van der Waals surface area contributed by atoms with Gasteiger partial charge in [-0.1, -0.05) is 42.5 Å². The van der Waals surface area contributed by atoms with Gasteiger partial charge in [-0.15, -0.1) is 0 Å². The molecule has 1 fully saturated rings. The maximum Gasteiger partial charge on any atom is 0.223 e. The van der Waals surface area contributed by atoms with Crippen molar-refractivity contribution in [3.8, 4) is 11.5 Å². The lowest BCUT2D eigenvalue weighted by atomic mass is 9.89. The minimum atomic E-state index is -0.339. The number of rotatable bonds is 4. The Balaban J connectivity index is 0.000000162. The summed E-state index contributed by atoms with van der Waals surface area (Å²) in [6.07, 6.45) is 9.96. The summed E-state index contributed by atoms with van der Waals surface area (Å²) >= 11 is 12.0. The quantitative estimate of drug-likeness (QED) is 0.455. The van der Waals surface area contributed by atoms with Gasteiger partial charge >= 0.3 is 0 Å². The van der Waals surface area contributed by atoms with Gasteiger partial charge < -0.3 is 19.3 Å². The number of halogens is 2. The summed E-state index contributed by atoms with van der Waals surface area (Å²) in [5, 5.41) is 20.2. The van der Waals surface area contributed by atoms with Gasteiger partial charge in [-0.2, -0.15) is 0 Å². The summed E-state index contributed by atoms with van der Waals surface area (Å²) in [4.78, 5) is 27.7. The fourth-order valence-electron chi connectivity index (χ4n) is 5.99. The highest BCUT2D eigenvalue weighted by molar-refractivity contribution is 6.34. The van der Waals surface area contributed by atoms with E-state index >= 15 is 0 Å². The van der Waals surface area contributed by atoms with Gasteiger partial charge in [0.1, 0.15) is 0 Å². The fraction of sp³-hybridized carbons (Fsp3) is 0.467. The van der Waals surface area contributed by atoms with Crippen molar-refractivity contribution in [2.75, 3.05) is 19.6 Å². The molecule has 0 amide bonds. The highest BCUT2D eigenvalue weighted by Gasteiger charge is 2.22. The molecule has 10 heteroatoms. The minimum Gasteiger partial charge on any atom is -0.503 e. The van der Waals surface area contributed by atoms with Gasteiger partial charge in [0.05, 0.1) is 12.4 Å². The zero-order chi connectivity index (χ0) is 28.2. The molecule has 214 valence electrons. The lowest BCUT2D eigenvalue weighted by Crippen LogP contribution is -2.38. The van der Waals surface area contributed by atoms with E-state index < -0.39 is 0 Å². The smallest absolute Gasteiger partial charge is 0.223 e. The standard InChI is InChI=1S/C15H14Cl2N2O2.C15H22N2O2/c16-11-3-10(4-12(17)5-11)7-18-1-2-19-9-15(21)14(20)6-13(19)8-18;18-14-8-13-10-16(6-7-17(13)11-15(14)19)9-12-4-2-1-3-5-12/h3-6,9,21H,1-2,7-8H2;8,11-12,19H,1-7,9-10H2. The van der Waals surface area contributed by atoms with Crippen molar-refractivity contribution in [2.24, 2.45) is 5.92 Å². The first-order valence-corrected chi connectivity index (χ1v) is 14.7. The van der Waals surface area contributed by atoms with Crippen LogP contribution in [0.1, 0.15) is 49.1 Å². The number of pyridine rings is 2. The van der Waals surface area contributed by atoms with Gasteiger partial charge in [0.2, 0.25) is 10.9 Å². The lowest BCUT2D eigenvalue weighted by Gasteiger charge is -2.34. The second-order valence-corrected chi connectivity index (χ2v) is 12.0. The molecule has 2 N–H and O–H groups in total. The maximum atomic E-state index is 11.5. The van der Waals surface area contributed by atoms with Crippen LogP contribution in [0.2, 0.25) is 10.0 Å². The van der Waals surface area contributed by atoms with Gasteiger partial charge in [-0.3, -0.25) is 19.4 Å². The van der Waals surface area contributed by atoms with Crippen LogP contribution in [0.15, 0.2) is 52.3 Å². The molecule has 1 aromatic carbocycles. The van der Waals surface area contributed by atoms with E-state index in [1.165, 1.54) is 44.4 Å². The Kier molecular flexibility index (Phi) is 9.20. The molecular formula is C30H36Cl2N4O4. The van der Waals surface area contributed by atoms with E-state index in [1.54, 1.807) is 18.3 Å². The Morgan fingerprint density at radius 1 is 0.700 bits per heavy atom. The van der Waals surface area contributed by atoms with Crippen LogP contribution < -0.4 is 10.9 Å². The van der Waals surface area contributed by atoms with Crippen molar-refractivity contribution in [3.63, 3.8) is 0 Å².